The predicted molar refractivity (Wildman–Crippen MR) is 199 cm³/mol. The molecule has 0 amide bonds. The van der Waals surface area contributed by atoms with Crippen molar-refractivity contribution in [3.05, 3.63) is 93.5 Å². The first-order chi connectivity index (χ1) is 24.1. The number of nitrogens with one attached hydrogen (secondary N) is 2. The summed E-state index contributed by atoms with van der Waals surface area (Å²) in [5.41, 5.74) is 9.37. The van der Waals surface area contributed by atoms with Crippen LogP contribution in [0.5, 0.6) is 0 Å². The van der Waals surface area contributed by atoms with Gasteiger partial charge in [0.2, 0.25) is 0 Å². The van der Waals surface area contributed by atoms with Crippen LogP contribution in [0, 0.1) is 0 Å². The molecule has 2 aliphatic rings. The number of hydrogen-bond acceptors (Lipinski definition) is 10. The number of rotatable bonds is 14. The Kier molecular flexibility index (Phi) is 11.5. The Hall–Kier alpha value is -3.48. The molecule has 4 aromatic rings. The molecule has 0 saturated carbocycles. The molecular weight excluding hydrogens is 746 g/mol. The number of fused-ring (bicyclic) bond motifs is 8. The minimum absolute atomic E-state index is 0.0292. The smallest absolute Gasteiger partial charge is 0.355 e. The van der Waals surface area contributed by atoms with Crippen LogP contribution in [0.1, 0.15) is 47.1 Å². The summed E-state index contributed by atoms with van der Waals surface area (Å²) in [5, 5.41) is 0. The predicted octanol–water partition coefficient (Wildman–Crippen LogP) is 9.78. The van der Waals surface area contributed by atoms with Crippen molar-refractivity contribution < 1.29 is 36.3 Å². The van der Waals surface area contributed by atoms with Crippen LogP contribution >= 0.6 is 31.6 Å². The second-order valence-electron chi connectivity index (χ2n) is 11.3. The Morgan fingerprint density at radius 3 is 1.72 bits per heavy atom. The molecule has 0 fully saturated rings. The lowest BCUT2D eigenvalue weighted by atomic mass is 9.91. The number of phosphoric ester groups is 2. The van der Waals surface area contributed by atoms with Gasteiger partial charge < -0.3 is 9.97 Å². The van der Waals surface area contributed by atoms with Gasteiger partial charge in [-0.2, -0.15) is 0 Å². The standard InChI is InChI=1S/C35H37BrN4O8P2/c1-43-49(41,44-2)47-19-17-24(18-20-48-50(42,45-3)46-4)35-32-15-11-28(39-32)21-26-9-13-30(37-26)34(23-5-7-25(36)8-6-23)31-14-10-27(38-31)22-29-12-16-33(35)40-29/h5-16,21-22,24,37,40H,17-20H2,1-4H3. The third kappa shape index (κ3) is 8.35. The van der Waals surface area contributed by atoms with E-state index in [9.17, 15) is 9.13 Å². The first-order valence-electron chi connectivity index (χ1n) is 15.7. The van der Waals surface area contributed by atoms with Gasteiger partial charge in [-0.25, -0.2) is 19.1 Å². The Balaban J connectivity index is 1.51. The molecular formula is C35H37BrN4O8P2. The molecule has 50 heavy (non-hydrogen) atoms. The summed E-state index contributed by atoms with van der Waals surface area (Å²) in [6, 6.07) is 20.2. The number of phosphoric acid groups is 2. The normalized spacial score (nSPS) is 13.1. The first kappa shape index (κ1) is 36.3. The summed E-state index contributed by atoms with van der Waals surface area (Å²) in [4.78, 5) is 17.1. The monoisotopic (exact) mass is 782 g/mol. The van der Waals surface area contributed by atoms with E-state index in [-0.39, 0.29) is 19.1 Å². The molecule has 0 radical (unpaired) electrons. The van der Waals surface area contributed by atoms with E-state index in [1.807, 2.05) is 72.8 Å². The van der Waals surface area contributed by atoms with Gasteiger partial charge in [-0.05, 0) is 97.2 Å². The first-order valence-corrected chi connectivity index (χ1v) is 19.4. The van der Waals surface area contributed by atoms with E-state index >= 15 is 0 Å². The van der Waals surface area contributed by atoms with Gasteiger partial charge in [0.15, 0.2) is 0 Å². The number of H-pyrrole nitrogens is 2. The zero-order chi connectivity index (χ0) is 35.3. The molecule has 0 aliphatic carbocycles. The maximum absolute atomic E-state index is 12.7. The van der Waals surface area contributed by atoms with E-state index in [0.717, 1.165) is 60.3 Å². The quantitative estimate of drug-likeness (QED) is 0.102. The average Bonchev–Trinajstić information content (AvgIpc) is 3.96. The minimum Gasteiger partial charge on any atom is -0.355 e. The molecule has 0 saturated heterocycles. The number of hydrogen-bond donors (Lipinski definition) is 2. The zero-order valence-electron chi connectivity index (χ0n) is 27.9. The van der Waals surface area contributed by atoms with Gasteiger partial charge in [-0.3, -0.25) is 27.1 Å². The van der Waals surface area contributed by atoms with Crippen molar-refractivity contribution in [2.75, 3.05) is 41.7 Å². The van der Waals surface area contributed by atoms with Gasteiger partial charge in [0.05, 0.1) is 36.0 Å². The third-order valence-corrected chi connectivity index (χ3v) is 11.6. The Labute approximate surface area is 298 Å². The van der Waals surface area contributed by atoms with Crippen molar-refractivity contribution in [1.29, 1.82) is 0 Å². The Morgan fingerprint density at radius 1 is 0.660 bits per heavy atom. The van der Waals surface area contributed by atoms with Crippen molar-refractivity contribution >= 4 is 77.9 Å². The highest BCUT2D eigenvalue weighted by Crippen LogP contribution is 2.49. The lowest BCUT2D eigenvalue weighted by Gasteiger charge is -2.21. The fourth-order valence-corrected chi connectivity index (χ4v) is 7.49. The second-order valence-corrected chi connectivity index (χ2v) is 16.0. The second kappa shape index (κ2) is 15.8. The van der Waals surface area contributed by atoms with Gasteiger partial charge in [0, 0.05) is 66.1 Å². The number of aromatic amines is 2. The Morgan fingerprint density at radius 2 is 1.16 bits per heavy atom. The highest BCUT2D eigenvalue weighted by molar-refractivity contribution is 9.10. The van der Waals surface area contributed by atoms with Crippen LogP contribution in [0.4, 0.5) is 0 Å². The van der Waals surface area contributed by atoms with Crippen LogP contribution in [0.15, 0.2) is 65.1 Å². The molecule has 1 aromatic carbocycles. The van der Waals surface area contributed by atoms with Crippen LogP contribution in [-0.2, 0) is 36.3 Å². The van der Waals surface area contributed by atoms with E-state index in [1.165, 1.54) is 28.4 Å². The molecule has 12 nitrogen and oxygen atoms in total. The van der Waals surface area contributed by atoms with E-state index < -0.39 is 15.6 Å². The molecule has 6 rings (SSSR count). The summed E-state index contributed by atoms with van der Waals surface area (Å²) in [7, 11) is -2.41. The van der Waals surface area contributed by atoms with Crippen LogP contribution in [-0.4, -0.2) is 61.6 Å². The van der Waals surface area contributed by atoms with Gasteiger partial charge in [-0.15, -0.1) is 0 Å². The summed E-state index contributed by atoms with van der Waals surface area (Å²) in [5.74, 6) is -0.295. The number of benzene rings is 1. The molecule has 3 aromatic heterocycles. The number of nitrogens with zero attached hydrogens (tertiary/aromatic N) is 2. The van der Waals surface area contributed by atoms with Crippen molar-refractivity contribution in [2.24, 2.45) is 0 Å². The molecule has 0 spiro atoms. The van der Waals surface area contributed by atoms with Gasteiger partial charge in [0.1, 0.15) is 0 Å². The number of aromatic nitrogens is 4. The molecule has 5 heterocycles. The lowest BCUT2D eigenvalue weighted by Crippen LogP contribution is -2.10. The topological polar surface area (TPSA) is 147 Å². The molecule has 2 aliphatic heterocycles. The van der Waals surface area contributed by atoms with E-state index in [4.69, 9.17) is 37.1 Å². The maximum atomic E-state index is 12.7. The molecule has 262 valence electrons. The average molecular weight is 784 g/mol. The van der Waals surface area contributed by atoms with Crippen LogP contribution < -0.4 is 0 Å². The van der Waals surface area contributed by atoms with Crippen LogP contribution in [0.25, 0.3) is 57.5 Å². The van der Waals surface area contributed by atoms with Gasteiger partial charge in [-0.1, -0.05) is 28.1 Å². The van der Waals surface area contributed by atoms with E-state index in [1.54, 1.807) is 0 Å². The number of halogens is 1. The minimum atomic E-state index is -3.73. The summed E-state index contributed by atoms with van der Waals surface area (Å²) in [6.07, 6.45) is 8.65. The SMILES string of the molecule is COP(=O)(OC)OCCC(CCOP(=O)(OC)OC)c1c2nc(cc3ccc([nH]3)c(-c3ccc(Br)cc3)c3nc(cc4ccc1[nH]4)C=C3)C=C2. The van der Waals surface area contributed by atoms with Crippen molar-refractivity contribution in [3.8, 4) is 11.1 Å². The maximum Gasteiger partial charge on any atom is 0.474 e. The largest absolute Gasteiger partial charge is 0.474 e. The lowest BCUT2D eigenvalue weighted by molar-refractivity contribution is 0.138. The summed E-state index contributed by atoms with van der Waals surface area (Å²) >= 11 is 3.55. The highest BCUT2D eigenvalue weighted by Gasteiger charge is 2.27. The van der Waals surface area contributed by atoms with E-state index in [0.29, 0.717) is 18.5 Å². The van der Waals surface area contributed by atoms with E-state index in [2.05, 4.69) is 38.0 Å². The van der Waals surface area contributed by atoms with Crippen LogP contribution in [0.2, 0.25) is 0 Å². The van der Waals surface area contributed by atoms with Crippen molar-refractivity contribution in [3.63, 3.8) is 0 Å². The molecule has 15 heteroatoms. The summed E-state index contributed by atoms with van der Waals surface area (Å²) in [6.45, 7) is 0.0583. The molecule has 0 unspecified atom stereocenters. The van der Waals surface area contributed by atoms with Crippen LogP contribution in [0.3, 0.4) is 0 Å². The summed E-state index contributed by atoms with van der Waals surface area (Å²) < 4.78 is 57.5. The van der Waals surface area contributed by atoms with Crippen molar-refractivity contribution in [2.45, 2.75) is 18.8 Å². The zero-order valence-corrected chi connectivity index (χ0v) is 31.3. The fourth-order valence-electron chi connectivity index (χ4n) is 5.85. The fraction of sp³-hybridized carbons (Fsp3) is 0.257. The third-order valence-electron chi connectivity index (χ3n) is 8.31. The Bertz CT molecular complexity index is 2130. The van der Waals surface area contributed by atoms with Gasteiger partial charge >= 0.3 is 15.6 Å². The highest BCUT2D eigenvalue weighted by atomic mass is 79.9. The van der Waals surface area contributed by atoms with Crippen molar-refractivity contribution in [1.82, 2.24) is 19.9 Å². The molecule has 0 atom stereocenters. The molecule has 2 N–H and O–H groups in total. The molecule has 8 bridgehead atoms. The van der Waals surface area contributed by atoms with Gasteiger partial charge in [0.25, 0.3) is 0 Å².